The number of rotatable bonds is 2. The maximum absolute atomic E-state index is 10.7. The van der Waals surface area contributed by atoms with E-state index in [1.807, 2.05) is 6.07 Å². The molecule has 1 aromatic heterocycles. The summed E-state index contributed by atoms with van der Waals surface area (Å²) in [5.41, 5.74) is 1.26. The highest BCUT2D eigenvalue weighted by atomic mass is 35.5. The second-order valence-corrected chi connectivity index (χ2v) is 3.62. The maximum Gasteiger partial charge on any atom is 0.335 e. The zero-order valence-electron chi connectivity index (χ0n) is 8.44. The van der Waals surface area contributed by atoms with E-state index in [-0.39, 0.29) is 16.5 Å². The van der Waals surface area contributed by atoms with Crippen molar-refractivity contribution in [3.63, 3.8) is 0 Å². The fourth-order valence-corrected chi connectivity index (χ4v) is 1.61. The zero-order valence-corrected chi connectivity index (χ0v) is 9.19. The number of nitriles is 1. The highest BCUT2D eigenvalue weighted by Crippen LogP contribution is 2.25. The molecule has 2 N–H and O–H groups in total. The van der Waals surface area contributed by atoms with Crippen molar-refractivity contribution in [3.05, 3.63) is 40.8 Å². The molecule has 0 aliphatic heterocycles. The number of benzene rings is 1. The van der Waals surface area contributed by atoms with E-state index in [4.69, 9.17) is 22.0 Å². The molecule has 0 unspecified atom stereocenters. The Labute approximate surface area is 101 Å². The quantitative estimate of drug-likeness (QED) is 0.852. The minimum absolute atomic E-state index is 0.118. The van der Waals surface area contributed by atoms with Crippen molar-refractivity contribution in [2.24, 2.45) is 0 Å². The normalized spacial score (nSPS) is 9.88. The standard InChI is InChI=1S/C11H6ClN3O2/c12-10-9(14-8(5-13)15-10)6-1-3-7(4-2-6)11(16)17/h1-4H,(H,14,15)(H,16,17). The number of halogens is 1. The number of hydrogen-bond acceptors (Lipinski definition) is 3. The summed E-state index contributed by atoms with van der Waals surface area (Å²) in [5.74, 6) is -0.880. The van der Waals surface area contributed by atoms with Crippen LogP contribution in [0.3, 0.4) is 0 Å². The molecule has 2 rings (SSSR count). The van der Waals surface area contributed by atoms with E-state index >= 15 is 0 Å². The number of carboxylic acid groups (broad SMARTS) is 1. The van der Waals surface area contributed by atoms with Crippen molar-refractivity contribution in [2.45, 2.75) is 0 Å². The van der Waals surface area contributed by atoms with Crippen molar-refractivity contribution in [2.75, 3.05) is 0 Å². The second kappa shape index (κ2) is 4.28. The lowest BCUT2D eigenvalue weighted by Crippen LogP contribution is -1.95. The first-order valence-electron chi connectivity index (χ1n) is 4.61. The molecule has 0 aliphatic carbocycles. The number of aromatic carboxylic acids is 1. The van der Waals surface area contributed by atoms with Gasteiger partial charge in [0.1, 0.15) is 16.9 Å². The van der Waals surface area contributed by atoms with Crippen LogP contribution in [0.2, 0.25) is 5.15 Å². The van der Waals surface area contributed by atoms with Crippen LogP contribution in [-0.4, -0.2) is 21.0 Å². The molecular formula is C11H6ClN3O2. The van der Waals surface area contributed by atoms with E-state index in [9.17, 15) is 4.79 Å². The lowest BCUT2D eigenvalue weighted by molar-refractivity contribution is 0.0697. The summed E-state index contributed by atoms with van der Waals surface area (Å²) >= 11 is 5.88. The molecule has 0 aliphatic rings. The van der Waals surface area contributed by atoms with Crippen LogP contribution >= 0.6 is 11.6 Å². The SMILES string of the molecule is N#Cc1nc(-c2ccc(C(=O)O)cc2)c(Cl)[nH]1. The second-order valence-electron chi connectivity index (χ2n) is 3.24. The van der Waals surface area contributed by atoms with Gasteiger partial charge in [0.05, 0.1) is 5.56 Å². The fraction of sp³-hybridized carbons (Fsp3) is 0. The first-order chi connectivity index (χ1) is 8.11. The van der Waals surface area contributed by atoms with Crippen LogP contribution < -0.4 is 0 Å². The van der Waals surface area contributed by atoms with Gasteiger partial charge in [-0.1, -0.05) is 23.7 Å². The highest BCUT2D eigenvalue weighted by molar-refractivity contribution is 6.31. The largest absolute Gasteiger partial charge is 0.478 e. The van der Waals surface area contributed by atoms with Gasteiger partial charge < -0.3 is 10.1 Å². The first kappa shape index (κ1) is 11.2. The van der Waals surface area contributed by atoms with Crippen LogP contribution in [0.1, 0.15) is 16.2 Å². The summed E-state index contributed by atoms with van der Waals surface area (Å²) < 4.78 is 0. The van der Waals surface area contributed by atoms with E-state index in [1.54, 1.807) is 12.1 Å². The lowest BCUT2D eigenvalue weighted by Gasteiger charge is -1.98. The number of imidazole rings is 1. The molecular weight excluding hydrogens is 242 g/mol. The molecule has 0 amide bonds. The smallest absolute Gasteiger partial charge is 0.335 e. The van der Waals surface area contributed by atoms with Crippen molar-refractivity contribution < 1.29 is 9.90 Å². The average Bonchev–Trinajstić information content (AvgIpc) is 2.71. The van der Waals surface area contributed by atoms with Gasteiger partial charge in [-0.2, -0.15) is 5.26 Å². The van der Waals surface area contributed by atoms with E-state index in [1.165, 1.54) is 12.1 Å². The summed E-state index contributed by atoms with van der Waals surface area (Å²) in [6, 6.07) is 7.93. The molecule has 84 valence electrons. The van der Waals surface area contributed by atoms with Gasteiger partial charge in [-0.25, -0.2) is 9.78 Å². The van der Waals surface area contributed by atoms with Crippen LogP contribution in [0, 0.1) is 11.3 Å². The average molecular weight is 248 g/mol. The van der Waals surface area contributed by atoms with Crippen LogP contribution in [-0.2, 0) is 0 Å². The van der Waals surface area contributed by atoms with E-state index < -0.39 is 5.97 Å². The van der Waals surface area contributed by atoms with Crippen molar-refractivity contribution in [1.29, 1.82) is 5.26 Å². The predicted octanol–water partition coefficient (Wildman–Crippen LogP) is 2.30. The molecule has 0 radical (unpaired) electrons. The molecule has 1 aromatic carbocycles. The third-order valence-electron chi connectivity index (χ3n) is 2.17. The number of nitrogens with zero attached hydrogens (tertiary/aromatic N) is 2. The number of aromatic nitrogens is 2. The summed E-state index contributed by atoms with van der Waals surface area (Å²) in [6.45, 7) is 0. The third-order valence-corrected chi connectivity index (χ3v) is 2.44. The summed E-state index contributed by atoms with van der Waals surface area (Å²) in [5, 5.41) is 17.7. The molecule has 5 nitrogen and oxygen atoms in total. The van der Waals surface area contributed by atoms with Gasteiger partial charge in [0, 0.05) is 5.56 Å². The van der Waals surface area contributed by atoms with Crippen molar-refractivity contribution in [3.8, 4) is 17.3 Å². The van der Waals surface area contributed by atoms with E-state index in [0.717, 1.165) is 0 Å². The maximum atomic E-state index is 10.7. The van der Waals surface area contributed by atoms with Gasteiger partial charge in [-0.3, -0.25) is 0 Å². The lowest BCUT2D eigenvalue weighted by atomic mass is 10.1. The Morgan fingerprint density at radius 3 is 2.53 bits per heavy atom. The molecule has 0 spiro atoms. The number of hydrogen-bond donors (Lipinski definition) is 2. The zero-order chi connectivity index (χ0) is 12.4. The molecule has 0 saturated heterocycles. The van der Waals surface area contributed by atoms with Gasteiger partial charge in [-0.15, -0.1) is 0 Å². The number of aromatic amines is 1. The molecule has 2 aromatic rings. The van der Waals surface area contributed by atoms with E-state index in [2.05, 4.69) is 9.97 Å². The van der Waals surface area contributed by atoms with Crippen LogP contribution in [0.15, 0.2) is 24.3 Å². The Hall–Kier alpha value is -2.32. The van der Waals surface area contributed by atoms with E-state index in [0.29, 0.717) is 11.3 Å². The van der Waals surface area contributed by atoms with Crippen molar-refractivity contribution in [1.82, 2.24) is 9.97 Å². The molecule has 0 fully saturated rings. The summed E-state index contributed by atoms with van der Waals surface area (Å²) in [7, 11) is 0. The number of carbonyl (C=O) groups is 1. The Balaban J connectivity index is 2.43. The number of nitrogens with one attached hydrogen (secondary N) is 1. The van der Waals surface area contributed by atoms with Crippen LogP contribution in [0.25, 0.3) is 11.3 Å². The van der Waals surface area contributed by atoms with Gasteiger partial charge in [0.2, 0.25) is 5.82 Å². The molecule has 0 saturated carbocycles. The molecule has 17 heavy (non-hydrogen) atoms. The van der Waals surface area contributed by atoms with Crippen LogP contribution in [0.4, 0.5) is 0 Å². The summed E-state index contributed by atoms with van der Waals surface area (Å²) in [6.07, 6.45) is 0. The molecule has 0 bridgehead atoms. The van der Waals surface area contributed by atoms with Gasteiger partial charge >= 0.3 is 5.97 Å². The monoisotopic (exact) mass is 247 g/mol. The minimum atomic E-state index is -0.998. The Morgan fingerprint density at radius 1 is 1.41 bits per heavy atom. The van der Waals surface area contributed by atoms with Crippen molar-refractivity contribution >= 4 is 17.6 Å². The third kappa shape index (κ3) is 2.12. The van der Waals surface area contributed by atoms with Gasteiger partial charge in [0.25, 0.3) is 0 Å². The number of H-pyrrole nitrogens is 1. The first-order valence-corrected chi connectivity index (χ1v) is 4.99. The predicted molar refractivity (Wildman–Crippen MR) is 60.7 cm³/mol. The number of carboxylic acids is 1. The van der Waals surface area contributed by atoms with Gasteiger partial charge in [-0.05, 0) is 12.1 Å². The fourth-order valence-electron chi connectivity index (χ4n) is 1.37. The topological polar surface area (TPSA) is 89.8 Å². The molecule has 1 heterocycles. The Bertz CT molecular complexity index is 611. The minimum Gasteiger partial charge on any atom is -0.478 e. The summed E-state index contributed by atoms with van der Waals surface area (Å²) in [4.78, 5) is 17.3. The molecule has 0 atom stereocenters. The highest BCUT2D eigenvalue weighted by Gasteiger charge is 2.11. The Kier molecular flexibility index (Phi) is 2.81. The van der Waals surface area contributed by atoms with Crippen LogP contribution in [0.5, 0.6) is 0 Å². The Morgan fingerprint density at radius 2 is 2.06 bits per heavy atom. The molecule has 6 heteroatoms. The van der Waals surface area contributed by atoms with Gasteiger partial charge in [0.15, 0.2) is 0 Å².